The Bertz CT molecular complexity index is 485. The van der Waals surface area contributed by atoms with Crippen molar-refractivity contribution in [2.24, 2.45) is 5.73 Å². The van der Waals surface area contributed by atoms with E-state index >= 15 is 0 Å². The number of hydrogen-bond donors (Lipinski definition) is 1. The molecule has 0 saturated carbocycles. The van der Waals surface area contributed by atoms with Crippen LogP contribution in [0.2, 0.25) is 0 Å². The van der Waals surface area contributed by atoms with Gasteiger partial charge in [0.05, 0.1) is 0 Å². The molecule has 15 heavy (non-hydrogen) atoms. The van der Waals surface area contributed by atoms with Crippen LogP contribution in [0.15, 0.2) is 9.98 Å². The maximum Gasteiger partial charge on any atom is 0.215 e. The number of nitrogens with two attached hydrogens (primary N) is 1. The standard InChI is InChI=1S/C9H10BrN3OS/c1-5-4-6(14-3-2-11)12-8-7(5)13-9(10)15-8/h4H,2-3,11H2,1H3. The highest BCUT2D eigenvalue weighted by atomic mass is 79.9. The van der Waals surface area contributed by atoms with E-state index in [0.717, 1.165) is 19.8 Å². The van der Waals surface area contributed by atoms with Gasteiger partial charge in [0, 0.05) is 12.6 Å². The molecule has 0 aliphatic heterocycles. The SMILES string of the molecule is Cc1cc(OCCN)nc2sc(Br)nc12. The highest BCUT2D eigenvalue weighted by Crippen LogP contribution is 2.28. The average molecular weight is 288 g/mol. The summed E-state index contributed by atoms with van der Waals surface area (Å²) < 4.78 is 6.22. The van der Waals surface area contributed by atoms with Gasteiger partial charge in [-0.2, -0.15) is 0 Å². The van der Waals surface area contributed by atoms with Gasteiger partial charge in [0.25, 0.3) is 0 Å². The van der Waals surface area contributed by atoms with Crippen LogP contribution in [-0.2, 0) is 0 Å². The number of nitrogens with zero attached hydrogens (tertiary/aromatic N) is 2. The maximum absolute atomic E-state index is 5.38. The van der Waals surface area contributed by atoms with Crippen LogP contribution in [0.25, 0.3) is 10.3 Å². The molecule has 0 aliphatic carbocycles. The Kier molecular flexibility index (Phi) is 3.18. The zero-order valence-corrected chi connectivity index (χ0v) is 10.6. The number of rotatable bonds is 3. The number of fused-ring (bicyclic) bond motifs is 1. The number of pyridine rings is 1. The van der Waals surface area contributed by atoms with Gasteiger partial charge >= 0.3 is 0 Å². The van der Waals surface area contributed by atoms with Crippen LogP contribution in [0.3, 0.4) is 0 Å². The van der Waals surface area contributed by atoms with Crippen molar-refractivity contribution < 1.29 is 4.74 Å². The van der Waals surface area contributed by atoms with E-state index in [1.807, 2.05) is 13.0 Å². The van der Waals surface area contributed by atoms with Crippen LogP contribution in [-0.4, -0.2) is 23.1 Å². The van der Waals surface area contributed by atoms with E-state index in [-0.39, 0.29) is 0 Å². The van der Waals surface area contributed by atoms with Gasteiger partial charge in [0.1, 0.15) is 17.0 Å². The summed E-state index contributed by atoms with van der Waals surface area (Å²) in [7, 11) is 0. The minimum Gasteiger partial charge on any atom is -0.476 e. The van der Waals surface area contributed by atoms with Gasteiger partial charge < -0.3 is 10.5 Å². The highest BCUT2D eigenvalue weighted by molar-refractivity contribution is 9.11. The second-order valence-corrected chi connectivity index (χ2v) is 5.29. The Balaban J connectivity index is 2.42. The van der Waals surface area contributed by atoms with Crippen molar-refractivity contribution in [3.63, 3.8) is 0 Å². The number of halogens is 1. The number of ether oxygens (including phenoxy) is 1. The zero-order valence-electron chi connectivity index (χ0n) is 8.16. The third-order valence-corrected chi connectivity index (χ3v) is 3.28. The van der Waals surface area contributed by atoms with E-state index in [4.69, 9.17) is 10.5 Å². The molecular weight excluding hydrogens is 278 g/mol. The van der Waals surface area contributed by atoms with Crippen LogP contribution in [0, 0.1) is 6.92 Å². The lowest BCUT2D eigenvalue weighted by Gasteiger charge is -2.03. The number of aromatic nitrogens is 2. The van der Waals surface area contributed by atoms with Crippen molar-refractivity contribution in [2.75, 3.05) is 13.2 Å². The van der Waals surface area contributed by atoms with Crippen LogP contribution in [0.1, 0.15) is 5.56 Å². The van der Waals surface area contributed by atoms with E-state index in [2.05, 4.69) is 25.9 Å². The van der Waals surface area contributed by atoms with Gasteiger partial charge in [-0.25, -0.2) is 9.97 Å². The quantitative estimate of drug-likeness (QED) is 0.939. The van der Waals surface area contributed by atoms with Crippen LogP contribution < -0.4 is 10.5 Å². The summed E-state index contributed by atoms with van der Waals surface area (Å²) in [5, 5.41) is 0. The molecule has 0 bridgehead atoms. The lowest BCUT2D eigenvalue weighted by molar-refractivity contribution is 0.317. The van der Waals surface area contributed by atoms with Gasteiger partial charge in [-0.15, -0.1) is 0 Å². The largest absolute Gasteiger partial charge is 0.476 e. The summed E-state index contributed by atoms with van der Waals surface area (Å²) in [6.45, 7) is 2.97. The normalized spacial score (nSPS) is 10.9. The molecule has 0 aromatic carbocycles. The molecular formula is C9H10BrN3OS. The summed E-state index contributed by atoms with van der Waals surface area (Å²) in [4.78, 5) is 9.55. The second-order valence-electron chi connectivity index (χ2n) is 3.04. The molecule has 2 aromatic heterocycles. The van der Waals surface area contributed by atoms with Crippen molar-refractivity contribution in [3.8, 4) is 5.88 Å². The van der Waals surface area contributed by atoms with Crippen molar-refractivity contribution in [1.29, 1.82) is 0 Å². The Morgan fingerprint density at radius 3 is 3.07 bits per heavy atom. The van der Waals surface area contributed by atoms with Crippen molar-refractivity contribution in [2.45, 2.75) is 6.92 Å². The molecule has 4 nitrogen and oxygen atoms in total. The minimum absolute atomic E-state index is 0.484. The lowest BCUT2D eigenvalue weighted by atomic mass is 10.3. The van der Waals surface area contributed by atoms with Crippen molar-refractivity contribution in [3.05, 3.63) is 15.5 Å². The molecule has 2 heterocycles. The van der Waals surface area contributed by atoms with Crippen LogP contribution >= 0.6 is 27.3 Å². The summed E-state index contributed by atoms with van der Waals surface area (Å²) >= 11 is 4.84. The molecule has 0 fully saturated rings. The van der Waals surface area contributed by atoms with Gasteiger partial charge in [0.2, 0.25) is 5.88 Å². The number of aryl methyl sites for hydroxylation is 1. The molecule has 2 aromatic rings. The lowest BCUT2D eigenvalue weighted by Crippen LogP contribution is -2.11. The Morgan fingerprint density at radius 2 is 2.33 bits per heavy atom. The monoisotopic (exact) mass is 287 g/mol. The summed E-state index contributed by atoms with van der Waals surface area (Å²) in [6, 6.07) is 1.88. The predicted molar refractivity (Wildman–Crippen MR) is 64.4 cm³/mol. The van der Waals surface area contributed by atoms with Gasteiger partial charge in [-0.05, 0) is 28.4 Å². The zero-order chi connectivity index (χ0) is 10.8. The summed E-state index contributed by atoms with van der Waals surface area (Å²) in [5.74, 6) is 0.613. The van der Waals surface area contributed by atoms with E-state index < -0.39 is 0 Å². The van der Waals surface area contributed by atoms with Crippen LogP contribution in [0.4, 0.5) is 0 Å². The Morgan fingerprint density at radius 1 is 1.53 bits per heavy atom. The first-order chi connectivity index (χ1) is 7.20. The molecule has 80 valence electrons. The molecule has 6 heteroatoms. The molecule has 0 saturated heterocycles. The molecule has 0 spiro atoms. The number of hydrogen-bond acceptors (Lipinski definition) is 5. The van der Waals surface area contributed by atoms with Gasteiger partial charge in [-0.1, -0.05) is 11.3 Å². The fraction of sp³-hybridized carbons (Fsp3) is 0.333. The van der Waals surface area contributed by atoms with E-state index in [1.54, 1.807) is 0 Å². The average Bonchev–Trinajstić information content (AvgIpc) is 2.56. The van der Waals surface area contributed by atoms with Crippen LogP contribution in [0.5, 0.6) is 5.88 Å². The van der Waals surface area contributed by atoms with E-state index in [9.17, 15) is 0 Å². The number of thiazole rings is 1. The van der Waals surface area contributed by atoms with Crippen molar-refractivity contribution in [1.82, 2.24) is 9.97 Å². The third kappa shape index (κ3) is 2.27. The topological polar surface area (TPSA) is 61.0 Å². The summed E-state index contributed by atoms with van der Waals surface area (Å²) in [5.41, 5.74) is 7.35. The van der Waals surface area contributed by atoms with Gasteiger partial charge in [-0.3, -0.25) is 0 Å². The minimum atomic E-state index is 0.484. The molecule has 0 radical (unpaired) electrons. The first-order valence-electron chi connectivity index (χ1n) is 4.47. The Labute approximate surface area is 99.6 Å². The molecule has 0 unspecified atom stereocenters. The molecule has 0 aliphatic rings. The predicted octanol–water partition coefficient (Wildman–Crippen LogP) is 2.10. The third-order valence-electron chi connectivity index (χ3n) is 1.88. The second kappa shape index (κ2) is 4.42. The highest BCUT2D eigenvalue weighted by Gasteiger charge is 2.08. The fourth-order valence-corrected chi connectivity index (χ4v) is 2.62. The Hall–Kier alpha value is -0.720. The summed E-state index contributed by atoms with van der Waals surface area (Å²) in [6.07, 6.45) is 0. The van der Waals surface area contributed by atoms with E-state index in [1.165, 1.54) is 11.3 Å². The smallest absolute Gasteiger partial charge is 0.215 e. The van der Waals surface area contributed by atoms with Gasteiger partial charge in [0.15, 0.2) is 3.92 Å². The molecule has 2 N–H and O–H groups in total. The fourth-order valence-electron chi connectivity index (χ4n) is 1.24. The molecule has 0 amide bonds. The maximum atomic E-state index is 5.38. The first-order valence-corrected chi connectivity index (χ1v) is 6.08. The van der Waals surface area contributed by atoms with E-state index in [0.29, 0.717) is 19.0 Å². The first kappa shape index (κ1) is 10.8. The molecule has 2 rings (SSSR count). The molecule has 0 atom stereocenters. The van der Waals surface area contributed by atoms with Crippen molar-refractivity contribution >= 4 is 37.6 Å².